The van der Waals surface area contributed by atoms with Crippen LogP contribution in [-0.4, -0.2) is 31.1 Å². The van der Waals surface area contributed by atoms with E-state index in [1.807, 2.05) is 0 Å². The first-order valence-corrected chi connectivity index (χ1v) is 6.88. The highest BCUT2D eigenvalue weighted by Crippen LogP contribution is 2.29. The number of halogens is 2. The van der Waals surface area contributed by atoms with Crippen molar-refractivity contribution in [1.29, 1.82) is 0 Å². The van der Waals surface area contributed by atoms with Gasteiger partial charge in [-0.25, -0.2) is 9.07 Å². The third-order valence-corrected chi connectivity index (χ3v) is 3.48. The molecule has 2 aromatic heterocycles. The number of hydrogen-bond acceptors (Lipinski definition) is 5. The molecule has 23 heavy (non-hydrogen) atoms. The number of carbonyl (C=O) groups is 1. The van der Waals surface area contributed by atoms with Crippen molar-refractivity contribution in [2.45, 2.75) is 0 Å². The van der Waals surface area contributed by atoms with E-state index in [1.54, 1.807) is 7.05 Å². The van der Waals surface area contributed by atoms with Crippen LogP contribution in [-0.2, 0) is 7.05 Å². The van der Waals surface area contributed by atoms with E-state index in [2.05, 4.69) is 25.8 Å². The Morgan fingerprint density at radius 3 is 2.65 bits per heavy atom. The Hall–Kier alpha value is -2.87. The van der Waals surface area contributed by atoms with Crippen LogP contribution in [0.3, 0.4) is 0 Å². The standard InChI is InChI=1S/C14H10ClFN6O/c1-22-14(19-20-21-22)18-13(23)10-6-7-17-12(11(10)15)8-2-4-9(16)5-3-8/h2-7H,1H3,(H,18,19,21,23). The van der Waals surface area contributed by atoms with Crippen molar-refractivity contribution in [3.05, 3.63) is 52.9 Å². The second kappa shape index (κ2) is 6.09. The molecule has 1 amide bonds. The molecular formula is C14H10ClFN6O. The lowest BCUT2D eigenvalue weighted by Crippen LogP contribution is -2.16. The molecule has 3 aromatic rings. The van der Waals surface area contributed by atoms with Crippen LogP contribution in [0.2, 0.25) is 5.02 Å². The summed E-state index contributed by atoms with van der Waals surface area (Å²) in [5.41, 5.74) is 1.20. The number of hydrogen-bond donors (Lipinski definition) is 1. The van der Waals surface area contributed by atoms with Gasteiger partial charge in [0.05, 0.1) is 16.3 Å². The summed E-state index contributed by atoms with van der Waals surface area (Å²) in [7, 11) is 1.59. The van der Waals surface area contributed by atoms with Gasteiger partial charge in [0.15, 0.2) is 0 Å². The largest absolute Gasteiger partial charge is 0.289 e. The molecule has 0 spiro atoms. The van der Waals surface area contributed by atoms with E-state index in [4.69, 9.17) is 11.6 Å². The van der Waals surface area contributed by atoms with Crippen molar-refractivity contribution in [1.82, 2.24) is 25.2 Å². The van der Waals surface area contributed by atoms with Crippen LogP contribution in [0.5, 0.6) is 0 Å². The Labute approximate surface area is 135 Å². The molecule has 0 unspecified atom stereocenters. The van der Waals surface area contributed by atoms with Gasteiger partial charge in [-0.05, 0) is 40.8 Å². The van der Waals surface area contributed by atoms with Crippen LogP contribution in [0.25, 0.3) is 11.3 Å². The van der Waals surface area contributed by atoms with Gasteiger partial charge in [-0.3, -0.25) is 15.1 Å². The number of carbonyl (C=O) groups excluding carboxylic acids is 1. The molecule has 0 aliphatic carbocycles. The number of aryl methyl sites for hydroxylation is 1. The molecular weight excluding hydrogens is 323 g/mol. The van der Waals surface area contributed by atoms with Crippen molar-refractivity contribution < 1.29 is 9.18 Å². The van der Waals surface area contributed by atoms with E-state index < -0.39 is 5.91 Å². The number of pyridine rings is 1. The van der Waals surface area contributed by atoms with Crippen molar-refractivity contribution in [2.75, 3.05) is 5.32 Å². The Balaban J connectivity index is 1.95. The summed E-state index contributed by atoms with van der Waals surface area (Å²) in [6, 6.07) is 7.15. The normalized spacial score (nSPS) is 10.6. The van der Waals surface area contributed by atoms with E-state index in [9.17, 15) is 9.18 Å². The number of tetrazole rings is 1. The maximum atomic E-state index is 13.0. The lowest BCUT2D eigenvalue weighted by Gasteiger charge is -2.09. The van der Waals surface area contributed by atoms with Gasteiger partial charge in [0.1, 0.15) is 5.82 Å². The smallest absolute Gasteiger partial charge is 0.259 e. The summed E-state index contributed by atoms with van der Waals surface area (Å²) in [4.78, 5) is 16.5. The highest BCUT2D eigenvalue weighted by atomic mass is 35.5. The van der Waals surface area contributed by atoms with Crippen LogP contribution in [0, 0.1) is 5.82 Å². The summed E-state index contributed by atoms with van der Waals surface area (Å²) in [6.07, 6.45) is 1.45. The molecule has 0 aliphatic heterocycles. The Kier molecular flexibility index (Phi) is 3.98. The molecule has 116 valence electrons. The van der Waals surface area contributed by atoms with Gasteiger partial charge in [0.25, 0.3) is 5.91 Å². The van der Waals surface area contributed by atoms with E-state index in [0.29, 0.717) is 11.3 Å². The zero-order valence-corrected chi connectivity index (χ0v) is 12.6. The second-order valence-corrected chi connectivity index (χ2v) is 4.99. The molecule has 0 saturated heterocycles. The summed E-state index contributed by atoms with van der Waals surface area (Å²) in [5.74, 6) is -0.654. The van der Waals surface area contributed by atoms with Crippen LogP contribution >= 0.6 is 11.6 Å². The molecule has 1 aromatic carbocycles. The third-order valence-electron chi connectivity index (χ3n) is 3.10. The predicted octanol–water partition coefficient (Wildman–Crippen LogP) is 2.32. The minimum absolute atomic E-state index is 0.159. The van der Waals surface area contributed by atoms with E-state index in [1.165, 1.54) is 41.2 Å². The topological polar surface area (TPSA) is 85.6 Å². The van der Waals surface area contributed by atoms with Crippen LogP contribution < -0.4 is 5.32 Å². The molecule has 9 heteroatoms. The van der Waals surface area contributed by atoms with Gasteiger partial charge in [-0.2, -0.15) is 0 Å². The van der Waals surface area contributed by atoms with Gasteiger partial charge in [-0.15, -0.1) is 0 Å². The highest BCUT2D eigenvalue weighted by molar-refractivity contribution is 6.36. The van der Waals surface area contributed by atoms with E-state index in [-0.39, 0.29) is 22.4 Å². The number of anilines is 1. The number of aromatic nitrogens is 5. The molecule has 7 nitrogen and oxygen atoms in total. The van der Waals surface area contributed by atoms with Crippen LogP contribution in [0.1, 0.15) is 10.4 Å². The lowest BCUT2D eigenvalue weighted by atomic mass is 10.1. The average molecular weight is 333 g/mol. The maximum Gasteiger partial charge on any atom is 0.259 e. The molecule has 3 rings (SSSR count). The van der Waals surface area contributed by atoms with Crippen LogP contribution in [0.15, 0.2) is 36.5 Å². The second-order valence-electron chi connectivity index (χ2n) is 4.61. The van der Waals surface area contributed by atoms with Crippen molar-refractivity contribution in [3.63, 3.8) is 0 Å². The summed E-state index contributed by atoms with van der Waals surface area (Å²) in [5, 5.41) is 13.4. The summed E-state index contributed by atoms with van der Waals surface area (Å²) >= 11 is 6.28. The van der Waals surface area contributed by atoms with E-state index in [0.717, 1.165) is 0 Å². The number of rotatable bonds is 3. The SMILES string of the molecule is Cn1nnnc1NC(=O)c1ccnc(-c2ccc(F)cc2)c1Cl. The predicted molar refractivity (Wildman–Crippen MR) is 81.4 cm³/mol. The molecule has 0 aliphatic rings. The molecule has 2 heterocycles. The summed E-state index contributed by atoms with van der Waals surface area (Å²) < 4.78 is 14.3. The lowest BCUT2D eigenvalue weighted by molar-refractivity contribution is 0.102. The minimum Gasteiger partial charge on any atom is -0.289 e. The molecule has 0 bridgehead atoms. The van der Waals surface area contributed by atoms with Gasteiger partial charge >= 0.3 is 0 Å². The first-order chi connectivity index (χ1) is 11.1. The van der Waals surface area contributed by atoms with Crippen LogP contribution in [0.4, 0.5) is 10.3 Å². The fraction of sp³-hybridized carbons (Fsp3) is 0.0714. The number of benzene rings is 1. The zero-order valence-electron chi connectivity index (χ0n) is 11.9. The Bertz CT molecular complexity index is 864. The fourth-order valence-electron chi connectivity index (χ4n) is 1.93. The van der Waals surface area contributed by atoms with Gasteiger partial charge in [-0.1, -0.05) is 16.7 Å². The molecule has 0 atom stereocenters. The Morgan fingerprint density at radius 1 is 1.26 bits per heavy atom. The molecule has 1 N–H and O–H groups in total. The maximum absolute atomic E-state index is 13.0. The van der Waals surface area contributed by atoms with Crippen molar-refractivity contribution in [3.8, 4) is 11.3 Å². The number of nitrogens with zero attached hydrogens (tertiary/aromatic N) is 5. The number of nitrogens with one attached hydrogen (secondary N) is 1. The van der Waals surface area contributed by atoms with Crippen molar-refractivity contribution in [2.24, 2.45) is 7.05 Å². The monoisotopic (exact) mass is 332 g/mol. The first kappa shape index (κ1) is 15.0. The van der Waals surface area contributed by atoms with E-state index >= 15 is 0 Å². The quantitative estimate of drug-likeness (QED) is 0.795. The van der Waals surface area contributed by atoms with Gasteiger partial charge in [0.2, 0.25) is 5.95 Å². The third kappa shape index (κ3) is 3.02. The minimum atomic E-state index is -0.473. The molecule has 0 saturated carbocycles. The molecule has 0 fully saturated rings. The fourth-order valence-corrected chi connectivity index (χ4v) is 2.24. The number of amides is 1. The highest BCUT2D eigenvalue weighted by Gasteiger charge is 2.17. The average Bonchev–Trinajstić information content (AvgIpc) is 2.93. The van der Waals surface area contributed by atoms with Gasteiger partial charge < -0.3 is 0 Å². The molecule has 0 radical (unpaired) electrons. The van der Waals surface area contributed by atoms with Gasteiger partial charge in [0, 0.05) is 18.8 Å². The Morgan fingerprint density at radius 2 is 2.00 bits per heavy atom. The first-order valence-electron chi connectivity index (χ1n) is 6.50. The zero-order chi connectivity index (χ0) is 16.4. The van der Waals surface area contributed by atoms with Crippen molar-refractivity contribution >= 4 is 23.5 Å². The summed E-state index contributed by atoms with van der Waals surface area (Å²) in [6.45, 7) is 0.